The van der Waals surface area contributed by atoms with Crippen molar-refractivity contribution >= 4 is 18.2 Å². The summed E-state index contributed by atoms with van der Waals surface area (Å²) in [5, 5.41) is 2.73. The van der Waals surface area contributed by atoms with Gasteiger partial charge in [-0.3, -0.25) is 9.59 Å². The molecular weight excluding hydrogens is 286 g/mol. The molecule has 0 bridgehead atoms. The molecule has 1 N–H and O–H groups in total. The van der Waals surface area contributed by atoms with Crippen LogP contribution in [0.1, 0.15) is 31.1 Å². The summed E-state index contributed by atoms with van der Waals surface area (Å²) in [5.74, 6) is -0.227. The third-order valence-corrected chi connectivity index (χ3v) is 3.13. The largest absolute Gasteiger partial charge is 0.482 e. The van der Waals surface area contributed by atoms with Gasteiger partial charge in [0.05, 0.1) is 0 Å². The summed E-state index contributed by atoms with van der Waals surface area (Å²) in [5.41, 5.74) is 0.519. The number of hydrogen-bond donors (Lipinski definition) is 1. The van der Waals surface area contributed by atoms with E-state index >= 15 is 0 Å². The van der Waals surface area contributed by atoms with E-state index in [0.29, 0.717) is 17.2 Å². The maximum Gasteiger partial charge on any atom is 0.344 e. The Labute approximate surface area is 129 Å². The van der Waals surface area contributed by atoms with E-state index in [0.717, 1.165) is 6.29 Å². The topological polar surface area (TPSA) is 81.7 Å². The van der Waals surface area contributed by atoms with Crippen molar-refractivity contribution < 1.29 is 23.9 Å². The number of rotatable bonds is 8. The molecule has 22 heavy (non-hydrogen) atoms. The molecule has 0 saturated heterocycles. The van der Waals surface area contributed by atoms with Crippen LogP contribution in [-0.4, -0.2) is 37.4 Å². The minimum absolute atomic E-state index is 0.0128. The highest BCUT2D eigenvalue weighted by Gasteiger charge is 2.13. The smallest absolute Gasteiger partial charge is 0.344 e. The van der Waals surface area contributed by atoms with E-state index in [-0.39, 0.29) is 25.2 Å². The normalized spacial score (nSPS) is 11.6. The van der Waals surface area contributed by atoms with Gasteiger partial charge in [0.2, 0.25) is 0 Å². The van der Waals surface area contributed by atoms with E-state index in [4.69, 9.17) is 9.47 Å². The lowest BCUT2D eigenvalue weighted by Gasteiger charge is -2.17. The van der Waals surface area contributed by atoms with Gasteiger partial charge >= 0.3 is 5.97 Å². The van der Waals surface area contributed by atoms with Crippen LogP contribution in [0.5, 0.6) is 5.75 Å². The molecule has 0 aliphatic heterocycles. The monoisotopic (exact) mass is 307 g/mol. The molecule has 0 aliphatic carbocycles. The minimum atomic E-state index is -0.633. The van der Waals surface area contributed by atoms with Crippen LogP contribution in [0.3, 0.4) is 0 Å². The summed E-state index contributed by atoms with van der Waals surface area (Å²) < 4.78 is 10.0. The van der Waals surface area contributed by atoms with Crippen molar-refractivity contribution in [3.63, 3.8) is 0 Å². The summed E-state index contributed by atoms with van der Waals surface area (Å²) in [6.07, 6.45) is 0.717. The summed E-state index contributed by atoms with van der Waals surface area (Å²) in [6.45, 7) is 5.23. The summed E-state index contributed by atoms with van der Waals surface area (Å²) in [6, 6.07) is 6.32. The number of ether oxygens (including phenoxy) is 2. The molecule has 6 nitrogen and oxygen atoms in total. The second-order valence-electron chi connectivity index (χ2n) is 5.24. The lowest BCUT2D eigenvalue weighted by molar-refractivity contribution is -0.150. The van der Waals surface area contributed by atoms with Gasteiger partial charge in [-0.05, 0) is 37.1 Å². The number of carbonyl (C=O) groups excluding carboxylic acids is 3. The third-order valence-electron chi connectivity index (χ3n) is 3.13. The SMILES string of the molecule is CC(C)[C@H](C)NC(=O)COC(=O)COc1ccc(C=O)cc1. The number of benzene rings is 1. The minimum Gasteiger partial charge on any atom is -0.482 e. The first kappa shape index (κ1) is 17.7. The Morgan fingerprint density at radius 2 is 1.77 bits per heavy atom. The van der Waals surface area contributed by atoms with Crippen LogP contribution in [-0.2, 0) is 14.3 Å². The number of esters is 1. The highest BCUT2D eigenvalue weighted by Crippen LogP contribution is 2.10. The van der Waals surface area contributed by atoms with E-state index in [2.05, 4.69) is 5.32 Å². The van der Waals surface area contributed by atoms with Gasteiger partial charge in [0.1, 0.15) is 12.0 Å². The molecule has 0 radical (unpaired) electrons. The number of nitrogens with one attached hydrogen (secondary N) is 1. The van der Waals surface area contributed by atoms with Gasteiger partial charge in [0.25, 0.3) is 5.91 Å². The molecule has 1 aromatic carbocycles. The standard InChI is InChI=1S/C16H21NO5/c1-11(2)12(3)17-15(19)9-22-16(20)10-21-14-6-4-13(8-18)5-7-14/h4-8,11-12H,9-10H2,1-3H3,(H,17,19)/t12-/m0/s1. The van der Waals surface area contributed by atoms with Crippen molar-refractivity contribution in [1.29, 1.82) is 0 Å². The fourth-order valence-electron chi connectivity index (χ4n) is 1.43. The van der Waals surface area contributed by atoms with Crippen LogP contribution in [0.4, 0.5) is 0 Å². The molecule has 0 spiro atoms. The Morgan fingerprint density at radius 3 is 2.32 bits per heavy atom. The van der Waals surface area contributed by atoms with Crippen molar-refractivity contribution in [3.05, 3.63) is 29.8 Å². The zero-order valence-electron chi connectivity index (χ0n) is 13.0. The first-order valence-corrected chi connectivity index (χ1v) is 7.05. The summed E-state index contributed by atoms with van der Waals surface area (Å²) in [4.78, 5) is 33.5. The Kier molecular flexibility index (Phi) is 7.08. The molecule has 0 heterocycles. The first-order valence-electron chi connectivity index (χ1n) is 7.05. The Balaban J connectivity index is 2.28. The van der Waals surface area contributed by atoms with Crippen molar-refractivity contribution in [3.8, 4) is 5.75 Å². The molecule has 6 heteroatoms. The molecule has 0 unspecified atom stereocenters. The van der Waals surface area contributed by atoms with Gasteiger partial charge in [-0.15, -0.1) is 0 Å². The predicted octanol–water partition coefficient (Wildman–Crippen LogP) is 1.58. The van der Waals surface area contributed by atoms with Crippen LogP contribution in [0.2, 0.25) is 0 Å². The van der Waals surface area contributed by atoms with Gasteiger partial charge in [-0.1, -0.05) is 13.8 Å². The fraction of sp³-hybridized carbons (Fsp3) is 0.438. The van der Waals surface area contributed by atoms with Crippen molar-refractivity contribution in [2.45, 2.75) is 26.8 Å². The van der Waals surface area contributed by atoms with E-state index < -0.39 is 5.97 Å². The average molecular weight is 307 g/mol. The lowest BCUT2D eigenvalue weighted by atomic mass is 10.1. The van der Waals surface area contributed by atoms with Gasteiger partial charge in [0.15, 0.2) is 13.2 Å². The van der Waals surface area contributed by atoms with Crippen molar-refractivity contribution in [2.75, 3.05) is 13.2 Å². The molecular formula is C16H21NO5. The molecule has 0 aromatic heterocycles. The number of aldehydes is 1. The van der Waals surface area contributed by atoms with Crippen LogP contribution in [0, 0.1) is 5.92 Å². The molecule has 1 rings (SSSR count). The number of hydrogen-bond acceptors (Lipinski definition) is 5. The molecule has 1 aromatic rings. The highest BCUT2D eigenvalue weighted by atomic mass is 16.6. The van der Waals surface area contributed by atoms with Gasteiger partial charge in [0, 0.05) is 11.6 Å². The van der Waals surface area contributed by atoms with Gasteiger partial charge in [-0.2, -0.15) is 0 Å². The molecule has 0 aliphatic rings. The second-order valence-corrected chi connectivity index (χ2v) is 5.24. The highest BCUT2D eigenvalue weighted by molar-refractivity contribution is 5.81. The lowest BCUT2D eigenvalue weighted by Crippen LogP contribution is -2.39. The summed E-state index contributed by atoms with van der Waals surface area (Å²) in [7, 11) is 0. The van der Waals surface area contributed by atoms with Crippen LogP contribution < -0.4 is 10.1 Å². The Hall–Kier alpha value is -2.37. The quantitative estimate of drug-likeness (QED) is 0.582. The first-order chi connectivity index (χ1) is 10.4. The van der Waals surface area contributed by atoms with Crippen LogP contribution >= 0.6 is 0 Å². The van der Waals surface area contributed by atoms with E-state index in [1.807, 2.05) is 20.8 Å². The molecule has 120 valence electrons. The van der Waals surface area contributed by atoms with E-state index in [9.17, 15) is 14.4 Å². The van der Waals surface area contributed by atoms with Crippen LogP contribution in [0.15, 0.2) is 24.3 Å². The average Bonchev–Trinajstić information content (AvgIpc) is 2.51. The molecule has 0 fully saturated rings. The maximum absolute atomic E-state index is 11.5. The number of amides is 1. The van der Waals surface area contributed by atoms with Crippen molar-refractivity contribution in [1.82, 2.24) is 5.32 Å². The molecule has 0 saturated carbocycles. The van der Waals surface area contributed by atoms with E-state index in [1.165, 1.54) is 0 Å². The zero-order valence-corrected chi connectivity index (χ0v) is 13.0. The summed E-state index contributed by atoms with van der Waals surface area (Å²) >= 11 is 0. The molecule has 1 amide bonds. The maximum atomic E-state index is 11.5. The van der Waals surface area contributed by atoms with Gasteiger partial charge < -0.3 is 14.8 Å². The van der Waals surface area contributed by atoms with Crippen molar-refractivity contribution in [2.24, 2.45) is 5.92 Å². The van der Waals surface area contributed by atoms with Crippen LogP contribution in [0.25, 0.3) is 0 Å². The van der Waals surface area contributed by atoms with E-state index in [1.54, 1.807) is 24.3 Å². The molecule has 1 atom stereocenters. The predicted molar refractivity (Wildman–Crippen MR) is 80.7 cm³/mol. The third kappa shape index (κ3) is 6.39. The second kappa shape index (κ2) is 8.81. The number of carbonyl (C=O) groups is 3. The fourth-order valence-corrected chi connectivity index (χ4v) is 1.43. The zero-order chi connectivity index (χ0) is 16.5. The van der Waals surface area contributed by atoms with Gasteiger partial charge in [-0.25, -0.2) is 4.79 Å². The Morgan fingerprint density at radius 1 is 1.14 bits per heavy atom. The Bertz CT molecular complexity index is 510.